The molecule has 8 heteroatoms. The number of carboxylic acids is 1. The number of aromatic nitrogens is 1. The minimum atomic E-state index is -1.13. The summed E-state index contributed by atoms with van der Waals surface area (Å²) in [4.78, 5) is 26.6. The first-order valence-electron chi connectivity index (χ1n) is 6.00. The minimum absolute atomic E-state index is 0.0860. The van der Waals surface area contributed by atoms with Crippen molar-refractivity contribution in [2.45, 2.75) is 32.3 Å². The van der Waals surface area contributed by atoms with E-state index in [0.717, 1.165) is 5.69 Å². The SMILES string of the molecule is COC(CNC(=O)Nc1nc(C(C)(C)C)cs1)C(=O)O. The topological polar surface area (TPSA) is 101 Å². The van der Waals surface area contributed by atoms with E-state index >= 15 is 0 Å². The van der Waals surface area contributed by atoms with Crippen LogP contribution in [-0.4, -0.2) is 41.8 Å². The third-order valence-electron chi connectivity index (χ3n) is 2.50. The van der Waals surface area contributed by atoms with E-state index < -0.39 is 18.1 Å². The highest BCUT2D eigenvalue weighted by atomic mass is 32.1. The predicted octanol–water partition coefficient (Wildman–Crippen LogP) is 1.66. The molecular weight excluding hydrogens is 282 g/mol. The lowest BCUT2D eigenvalue weighted by atomic mass is 9.93. The number of carboxylic acid groups (broad SMARTS) is 1. The van der Waals surface area contributed by atoms with Crippen molar-refractivity contribution in [3.05, 3.63) is 11.1 Å². The fraction of sp³-hybridized carbons (Fsp3) is 0.583. The molecule has 0 saturated carbocycles. The Hall–Kier alpha value is -1.67. The summed E-state index contributed by atoms with van der Waals surface area (Å²) in [5.74, 6) is -1.13. The highest BCUT2D eigenvalue weighted by Crippen LogP contribution is 2.26. The molecule has 112 valence electrons. The number of carbonyl (C=O) groups excluding carboxylic acids is 1. The monoisotopic (exact) mass is 301 g/mol. The highest BCUT2D eigenvalue weighted by molar-refractivity contribution is 7.13. The molecule has 1 atom stereocenters. The van der Waals surface area contributed by atoms with Crippen molar-refractivity contribution < 1.29 is 19.4 Å². The Morgan fingerprint density at radius 3 is 2.60 bits per heavy atom. The van der Waals surface area contributed by atoms with E-state index in [-0.39, 0.29) is 12.0 Å². The molecule has 1 aromatic rings. The molecule has 0 spiro atoms. The third-order valence-corrected chi connectivity index (χ3v) is 3.26. The molecule has 1 rings (SSSR count). The summed E-state index contributed by atoms with van der Waals surface area (Å²) < 4.78 is 4.71. The van der Waals surface area contributed by atoms with E-state index in [2.05, 4.69) is 15.6 Å². The summed E-state index contributed by atoms with van der Waals surface area (Å²) in [6.07, 6.45) is -1.07. The zero-order valence-corrected chi connectivity index (χ0v) is 12.7. The fourth-order valence-electron chi connectivity index (χ4n) is 1.27. The van der Waals surface area contributed by atoms with Crippen molar-refractivity contribution in [1.29, 1.82) is 0 Å². The molecule has 0 aliphatic heterocycles. The van der Waals surface area contributed by atoms with E-state index in [4.69, 9.17) is 9.84 Å². The van der Waals surface area contributed by atoms with Gasteiger partial charge >= 0.3 is 12.0 Å². The van der Waals surface area contributed by atoms with Gasteiger partial charge in [0, 0.05) is 17.9 Å². The van der Waals surface area contributed by atoms with Crippen molar-refractivity contribution in [3.63, 3.8) is 0 Å². The summed E-state index contributed by atoms with van der Waals surface area (Å²) in [6, 6.07) is -0.511. The van der Waals surface area contributed by atoms with Crippen LogP contribution in [0.25, 0.3) is 0 Å². The Labute approximate surface area is 121 Å². The Balaban J connectivity index is 2.51. The maximum atomic E-state index is 11.6. The number of hydrogen-bond donors (Lipinski definition) is 3. The standard InChI is InChI=1S/C12H19N3O4S/c1-12(2,3)8-6-20-11(14-8)15-10(18)13-5-7(19-4)9(16)17/h6-7H,5H2,1-4H3,(H,16,17)(H2,13,14,15,18). The molecule has 0 aromatic carbocycles. The van der Waals surface area contributed by atoms with Crippen LogP contribution in [0.3, 0.4) is 0 Å². The number of amides is 2. The predicted molar refractivity (Wildman–Crippen MR) is 76.3 cm³/mol. The first-order valence-corrected chi connectivity index (χ1v) is 6.88. The second-order valence-electron chi connectivity index (χ2n) is 5.19. The molecule has 0 radical (unpaired) electrons. The summed E-state index contributed by atoms with van der Waals surface area (Å²) in [7, 11) is 1.27. The van der Waals surface area contributed by atoms with Gasteiger partial charge < -0.3 is 15.2 Å². The number of anilines is 1. The highest BCUT2D eigenvalue weighted by Gasteiger charge is 2.19. The summed E-state index contributed by atoms with van der Waals surface area (Å²) in [6.45, 7) is 5.97. The van der Waals surface area contributed by atoms with Crippen LogP contribution >= 0.6 is 11.3 Å². The molecule has 2 amide bonds. The normalized spacial score (nSPS) is 12.8. The van der Waals surface area contributed by atoms with Crippen LogP contribution in [0.2, 0.25) is 0 Å². The maximum Gasteiger partial charge on any atom is 0.334 e. The molecule has 0 fully saturated rings. The van der Waals surface area contributed by atoms with Gasteiger partial charge in [-0.1, -0.05) is 20.8 Å². The Morgan fingerprint density at radius 2 is 2.15 bits per heavy atom. The number of nitrogens with one attached hydrogen (secondary N) is 2. The van der Waals surface area contributed by atoms with Crippen LogP contribution in [-0.2, 0) is 14.9 Å². The van der Waals surface area contributed by atoms with Gasteiger partial charge in [-0.15, -0.1) is 11.3 Å². The van der Waals surface area contributed by atoms with Crippen LogP contribution in [0.15, 0.2) is 5.38 Å². The second kappa shape index (κ2) is 6.67. The molecule has 20 heavy (non-hydrogen) atoms. The Kier molecular flexibility index (Phi) is 5.46. The number of hydrogen-bond acceptors (Lipinski definition) is 5. The van der Waals surface area contributed by atoms with Crippen molar-refractivity contribution in [2.24, 2.45) is 0 Å². The van der Waals surface area contributed by atoms with Gasteiger partial charge in [0.25, 0.3) is 0 Å². The zero-order chi connectivity index (χ0) is 15.3. The number of carbonyl (C=O) groups is 2. The summed E-state index contributed by atoms with van der Waals surface area (Å²) in [5, 5.41) is 16.1. The van der Waals surface area contributed by atoms with Crippen LogP contribution in [0.1, 0.15) is 26.5 Å². The Bertz CT molecular complexity index is 481. The lowest BCUT2D eigenvalue weighted by molar-refractivity contribution is -0.147. The average Bonchev–Trinajstić information content (AvgIpc) is 2.77. The lowest BCUT2D eigenvalue weighted by Crippen LogP contribution is -2.39. The molecule has 1 unspecified atom stereocenters. The van der Waals surface area contributed by atoms with E-state index in [1.807, 2.05) is 26.2 Å². The molecule has 0 bridgehead atoms. The van der Waals surface area contributed by atoms with Gasteiger partial charge in [-0.3, -0.25) is 5.32 Å². The van der Waals surface area contributed by atoms with Crippen LogP contribution in [0.4, 0.5) is 9.93 Å². The number of thiazole rings is 1. The van der Waals surface area contributed by atoms with Crippen molar-refractivity contribution >= 4 is 28.5 Å². The van der Waals surface area contributed by atoms with Crippen LogP contribution < -0.4 is 10.6 Å². The molecule has 3 N–H and O–H groups in total. The van der Waals surface area contributed by atoms with E-state index in [1.165, 1.54) is 18.4 Å². The Morgan fingerprint density at radius 1 is 1.50 bits per heavy atom. The molecule has 1 aromatic heterocycles. The first-order chi connectivity index (χ1) is 9.24. The molecule has 7 nitrogen and oxygen atoms in total. The van der Waals surface area contributed by atoms with Gasteiger partial charge in [-0.05, 0) is 0 Å². The number of nitrogens with zero attached hydrogens (tertiary/aromatic N) is 1. The quantitative estimate of drug-likeness (QED) is 0.768. The lowest BCUT2D eigenvalue weighted by Gasteiger charge is -2.14. The van der Waals surface area contributed by atoms with E-state index in [9.17, 15) is 9.59 Å². The van der Waals surface area contributed by atoms with Gasteiger partial charge in [0.15, 0.2) is 11.2 Å². The second-order valence-corrected chi connectivity index (χ2v) is 6.04. The minimum Gasteiger partial charge on any atom is -0.479 e. The molecule has 0 aliphatic carbocycles. The number of aliphatic carboxylic acids is 1. The molecule has 0 aliphatic rings. The fourth-order valence-corrected chi connectivity index (χ4v) is 2.21. The third kappa shape index (κ3) is 4.78. The van der Waals surface area contributed by atoms with Crippen molar-refractivity contribution in [3.8, 4) is 0 Å². The molecule has 0 saturated heterocycles. The van der Waals surface area contributed by atoms with Gasteiger partial charge in [0.05, 0.1) is 12.2 Å². The maximum absolute atomic E-state index is 11.6. The summed E-state index contributed by atoms with van der Waals surface area (Å²) in [5.41, 5.74) is 0.801. The van der Waals surface area contributed by atoms with Crippen LogP contribution in [0, 0.1) is 0 Å². The van der Waals surface area contributed by atoms with Crippen molar-refractivity contribution in [2.75, 3.05) is 19.0 Å². The largest absolute Gasteiger partial charge is 0.479 e. The van der Waals surface area contributed by atoms with E-state index in [0.29, 0.717) is 5.13 Å². The van der Waals surface area contributed by atoms with Crippen LogP contribution in [0.5, 0.6) is 0 Å². The number of urea groups is 1. The molecular formula is C12H19N3O4S. The average molecular weight is 301 g/mol. The van der Waals surface area contributed by atoms with Gasteiger partial charge in [-0.25, -0.2) is 14.6 Å². The van der Waals surface area contributed by atoms with Gasteiger partial charge in [-0.2, -0.15) is 0 Å². The van der Waals surface area contributed by atoms with Gasteiger partial charge in [0.2, 0.25) is 0 Å². The van der Waals surface area contributed by atoms with Gasteiger partial charge in [0.1, 0.15) is 0 Å². The summed E-state index contributed by atoms with van der Waals surface area (Å²) >= 11 is 1.32. The number of methoxy groups -OCH3 is 1. The molecule has 1 heterocycles. The number of ether oxygens (including phenoxy) is 1. The van der Waals surface area contributed by atoms with Crippen molar-refractivity contribution in [1.82, 2.24) is 10.3 Å². The zero-order valence-electron chi connectivity index (χ0n) is 11.9. The van der Waals surface area contributed by atoms with E-state index in [1.54, 1.807) is 0 Å². The smallest absolute Gasteiger partial charge is 0.334 e. The first kappa shape index (κ1) is 16.4. The number of rotatable bonds is 5.